The van der Waals surface area contributed by atoms with Crippen molar-refractivity contribution < 1.29 is 171 Å². The SMILES string of the molecule is C=C1CC2C(C)(C(=O)c3ccoc3)CCC34OC5(C)OC23C(O1)C1(OC(=O)C(C)C)C(OC(=O)C(C)C)C2(C)CC1(O5)C4(C)C2CC(=O)OC.C=C1CC2C(C)(C(=O)c3ccoc3)CCC34OC5(C)OC23C(O1)C1(OC(=O)C(C)C)C(OC(=O)C(C)C)C2(C)CC1(O5)C4(C)C2CC(=O)OCC.CCC(=O)OC(c1ccoc1)C1(C)CCC23OC4(C)OC25C1CC(=O)OC5C1(O)C(O)C2(C)CC1(O4)C3(C)C2CC(=O)OC. The van der Waals surface area contributed by atoms with Crippen molar-refractivity contribution >= 4 is 65.3 Å². The van der Waals surface area contributed by atoms with Crippen molar-refractivity contribution in [1.82, 2.24) is 0 Å². The summed E-state index contributed by atoms with van der Waals surface area (Å²) < 4.78 is 150. The van der Waals surface area contributed by atoms with Gasteiger partial charge in [-0.2, -0.15) is 0 Å². The van der Waals surface area contributed by atoms with Crippen LogP contribution in [0.2, 0.25) is 0 Å². The molecule has 0 radical (unpaired) electrons. The van der Waals surface area contributed by atoms with Crippen molar-refractivity contribution in [2.24, 2.45) is 108 Å². The van der Waals surface area contributed by atoms with E-state index in [-0.39, 0.29) is 82.4 Å². The smallest absolute Gasteiger partial charge is 0.309 e. The molecule has 21 fully saturated rings. The lowest BCUT2D eigenvalue weighted by atomic mass is 9.33. The van der Waals surface area contributed by atoms with Gasteiger partial charge in [-0.25, -0.2) is 0 Å². The van der Waals surface area contributed by atoms with E-state index < -0.39 is 289 Å². The number of carbonyl (C=O) groups is 11. The van der Waals surface area contributed by atoms with Crippen LogP contribution in [0.5, 0.6) is 0 Å². The first-order valence-corrected chi connectivity index (χ1v) is 51.8. The van der Waals surface area contributed by atoms with Gasteiger partial charge in [-0.3, -0.25) is 52.7 Å². The number of ketones is 2. The molecule has 3 aromatic heterocycles. The molecule has 2 N–H and O–H groups in total. The lowest BCUT2D eigenvalue weighted by molar-refractivity contribution is -0.479. The average Bonchev–Trinajstić information content (AvgIpc) is 1.41. The third-order valence-electron chi connectivity index (χ3n) is 42.1. The molecule has 36 nitrogen and oxygen atoms in total. The lowest BCUT2D eigenvalue weighted by Gasteiger charge is -2.77. The topological polar surface area (TPSA) is 452 Å². The fourth-order valence-corrected chi connectivity index (χ4v) is 37.2. The summed E-state index contributed by atoms with van der Waals surface area (Å²) in [5.74, 6) is -14.9. The van der Waals surface area contributed by atoms with E-state index in [4.69, 9.17) is 108 Å². The van der Waals surface area contributed by atoms with Crippen LogP contribution < -0.4 is 0 Å². The summed E-state index contributed by atoms with van der Waals surface area (Å²) in [5, 5.41) is 25.3. The van der Waals surface area contributed by atoms with Crippen molar-refractivity contribution in [1.29, 1.82) is 0 Å². The predicted octanol–water partition coefficient (Wildman–Crippen LogP) is 13.6. The molecule has 12 saturated carbocycles. The second-order valence-corrected chi connectivity index (χ2v) is 49.7. The molecule has 9 aliphatic heterocycles. The van der Waals surface area contributed by atoms with Crippen LogP contribution in [-0.4, -0.2) is 218 Å². The third-order valence-corrected chi connectivity index (χ3v) is 42.1. The molecular weight excluding hydrogens is 1890 g/mol. The zero-order chi connectivity index (χ0) is 105. The maximum absolute atomic E-state index is 14.7. The quantitative estimate of drug-likeness (QED) is 0.0506. The molecular formula is C109H138O36. The largest absolute Gasteiger partial charge is 0.488 e. The number of Topliss-reactive ketones (excluding diaryl/α,β-unsaturated/α-hetero) is 2. The Balaban J connectivity index is 0.000000124. The molecule has 12 heterocycles. The number of aliphatic hydroxyl groups excluding tert-OH is 1. The Bertz CT molecular complexity index is 6060. The second kappa shape index (κ2) is 30.3. The molecule has 24 rings (SSSR count). The van der Waals surface area contributed by atoms with Crippen molar-refractivity contribution in [2.75, 3.05) is 20.8 Å². The van der Waals surface area contributed by atoms with E-state index in [0.29, 0.717) is 66.7 Å². The number of furan rings is 3. The fraction of sp³-hybridized carbons (Fsp3) is 0.752. The molecule has 12 aliphatic carbocycles. The van der Waals surface area contributed by atoms with Crippen LogP contribution in [0.3, 0.4) is 0 Å². The number of esters is 9. The van der Waals surface area contributed by atoms with Crippen LogP contribution in [0.4, 0.5) is 0 Å². The molecule has 0 aromatic carbocycles. The highest BCUT2D eigenvalue weighted by molar-refractivity contribution is 6.01. The summed E-state index contributed by atoms with van der Waals surface area (Å²) >= 11 is 0. The van der Waals surface area contributed by atoms with Gasteiger partial charge < -0.3 is 118 Å². The monoisotopic (exact) mass is 2020 g/mol. The Kier molecular flexibility index (Phi) is 21.0. The summed E-state index contributed by atoms with van der Waals surface area (Å²) in [5.41, 5.74) is -26.3. The van der Waals surface area contributed by atoms with Crippen LogP contribution in [0.25, 0.3) is 0 Å². The lowest BCUT2D eigenvalue weighted by Crippen LogP contribution is -2.94. The molecule has 21 aliphatic rings. The molecule has 9 spiro atoms. The molecule has 12 bridgehead atoms. The van der Waals surface area contributed by atoms with Crippen LogP contribution in [-0.2, 0) is 138 Å². The number of fused-ring (bicyclic) bond motifs is 9. The molecule has 37 unspecified atom stereocenters. The highest BCUT2D eigenvalue weighted by atomic mass is 17.0. The molecule has 36 heteroatoms. The molecule has 0 amide bonds. The predicted molar refractivity (Wildman–Crippen MR) is 493 cm³/mol. The summed E-state index contributed by atoms with van der Waals surface area (Å²) in [4.78, 5) is 152. The fourth-order valence-electron chi connectivity index (χ4n) is 37.2. The first-order chi connectivity index (χ1) is 67.7. The Morgan fingerprint density at radius 3 is 1.21 bits per heavy atom. The van der Waals surface area contributed by atoms with Gasteiger partial charge in [-0.1, -0.05) is 138 Å². The van der Waals surface area contributed by atoms with E-state index in [1.165, 1.54) is 51.8 Å². The van der Waals surface area contributed by atoms with E-state index in [9.17, 15) is 63.0 Å². The number of rotatable bonds is 23. The Morgan fingerprint density at radius 2 is 0.814 bits per heavy atom. The third kappa shape index (κ3) is 10.8. The van der Waals surface area contributed by atoms with E-state index in [0.717, 1.165) is 0 Å². The van der Waals surface area contributed by atoms with Crippen molar-refractivity contribution in [3.05, 3.63) is 97.1 Å². The van der Waals surface area contributed by atoms with Gasteiger partial charge in [0.1, 0.15) is 69.0 Å². The summed E-state index contributed by atoms with van der Waals surface area (Å²) in [6, 6.07) is 5.04. The highest BCUT2D eigenvalue weighted by Gasteiger charge is 3.10. The number of hydrogen-bond donors (Lipinski definition) is 2. The van der Waals surface area contributed by atoms with Gasteiger partial charge in [0, 0.05) is 131 Å². The zero-order valence-electron chi connectivity index (χ0n) is 87.2. The summed E-state index contributed by atoms with van der Waals surface area (Å²) in [7, 11) is 2.67. The number of hydrogen-bond acceptors (Lipinski definition) is 36. The summed E-state index contributed by atoms with van der Waals surface area (Å²) in [6.07, 6.45) is 3.83. The average molecular weight is 2020 g/mol. The second-order valence-electron chi connectivity index (χ2n) is 49.7. The Hall–Kier alpha value is -8.95. The molecule has 37 atom stereocenters. The van der Waals surface area contributed by atoms with Gasteiger partial charge in [0.15, 0.2) is 47.7 Å². The Labute approximate surface area is 840 Å². The normalized spacial score (nSPS) is 50.2. The van der Waals surface area contributed by atoms with Crippen molar-refractivity contribution in [3.63, 3.8) is 0 Å². The minimum absolute atomic E-state index is 0.0398. The van der Waals surface area contributed by atoms with E-state index in [1.54, 1.807) is 108 Å². The van der Waals surface area contributed by atoms with Crippen LogP contribution >= 0.6 is 0 Å². The van der Waals surface area contributed by atoms with Gasteiger partial charge in [0.05, 0.1) is 105 Å². The van der Waals surface area contributed by atoms with Gasteiger partial charge in [-0.05, 0) is 101 Å². The molecule has 3 aromatic rings. The van der Waals surface area contributed by atoms with Crippen molar-refractivity contribution in [2.45, 2.75) is 383 Å². The van der Waals surface area contributed by atoms with Gasteiger partial charge in [0.2, 0.25) is 11.2 Å². The standard InChI is InChI=1S/C39H50O12.C38H48O12.C32H40O12/c1-11-45-26(40)17-24-33(8)19-37-34(24,9)36-14-13-32(7,27(41)23-12-15-44-18-23)25-16-22(6)46-31(38(25,36)51-35(10,49-36)50-37)39(37,48-29(43)21(4)5)30(33)47-28(42)20(2)3;1-19(2)27(41)46-29-32(7)18-36-33(8,23(32)16-25(39)43-10)35-13-12-31(6,26(40)22-11-14-44-17-22)24-15-21(5)45-30(38(29,36)47-28(42)20(3)4)37(24,35)50-34(9,48-35)49-36;1-7-19(33)40-22(16-8-11-39-14-16)25(2)9-10-29-27(4)17(12-20(34)38-6)26(3)15-30(27)31(37,23(26)36)24-32(29,18(25)13-21(35)41-24)44-28(5,42-29)43-30/h12,15,18,20-21,24-25,30-31H,6,11,13-14,16-17,19H2,1-5,7-10H3;11,14,17,19-20,23-24,29-30H,5,12-13,15-16,18H2,1-4,6-10H3;8,11,14,17-18,22-24,36-37H,7,9-10,12-13,15H2,1-6H3. The van der Waals surface area contributed by atoms with Gasteiger partial charge in [0.25, 0.3) is 17.9 Å². The Morgan fingerprint density at radius 1 is 0.434 bits per heavy atom. The van der Waals surface area contributed by atoms with E-state index >= 15 is 0 Å². The van der Waals surface area contributed by atoms with E-state index in [2.05, 4.69) is 13.2 Å². The number of aliphatic hydroxyl groups is 2. The maximum atomic E-state index is 14.7. The number of ether oxygens (including phenoxy) is 20. The first kappa shape index (κ1) is 101. The minimum Gasteiger partial charge on any atom is -0.488 e. The maximum Gasteiger partial charge on any atom is 0.309 e. The molecule has 790 valence electrons. The number of carbonyl (C=O) groups excluding carboxylic acids is 11. The zero-order valence-corrected chi connectivity index (χ0v) is 87.2. The summed E-state index contributed by atoms with van der Waals surface area (Å²) in [6.45, 7) is 48.9. The number of methoxy groups -OCH3 is 2. The highest BCUT2D eigenvalue weighted by Crippen LogP contribution is 2.95. The van der Waals surface area contributed by atoms with E-state index in [1.807, 2.05) is 62.3 Å². The number of allylic oxidation sites excluding steroid dienone is 2. The minimum atomic E-state index is -2.11. The van der Waals surface area contributed by atoms with Crippen LogP contribution in [0, 0.1) is 108 Å². The van der Waals surface area contributed by atoms with Gasteiger partial charge >= 0.3 is 53.7 Å². The molecule has 145 heavy (non-hydrogen) atoms. The van der Waals surface area contributed by atoms with Crippen LogP contribution in [0.15, 0.2) is 93.7 Å². The van der Waals surface area contributed by atoms with Crippen LogP contribution in [0.1, 0.15) is 287 Å². The van der Waals surface area contributed by atoms with Gasteiger partial charge in [-0.15, -0.1) is 0 Å². The van der Waals surface area contributed by atoms with Crippen molar-refractivity contribution in [3.8, 4) is 0 Å². The molecule has 9 saturated heterocycles. The first-order valence-electron chi connectivity index (χ1n) is 51.8.